The lowest BCUT2D eigenvalue weighted by molar-refractivity contribution is 0.0576. The molecular weight excluding hydrogens is 462 g/mol. The Balaban J connectivity index is 1.55. The summed E-state index contributed by atoms with van der Waals surface area (Å²) < 4.78 is 5.25. The summed E-state index contributed by atoms with van der Waals surface area (Å²) in [4.78, 5) is 53.4. The van der Waals surface area contributed by atoms with Gasteiger partial charge >= 0.3 is 0 Å². The van der Waals surface area contributed by atoms with Crippen molar-refractivity contribution in [2.45, 2.75) is 32.7 Å². The number of amides is 2. The molecule has 3 aromatic carbocycles. The number of nitrogens with two attached hydrogens (primary N) is 1. The van der Waals surface area contributed by atoms with Gasteiger partial charge in [-0.3, -0.25) is 29.5 Å². The van der Waals surface area contributed by atoms with Crippen LogP contribution >= 0.6 is 0 Å². The van der Waals surface area contributed by atoms with E-state index in [2.05, 4.69) is 15.8 Å². The average molecular weight is 486 g/mol. The molecule has 10 nitrogen and oxygen atoms in total. The molecule has 2 heterocycles. The van der Waals surface area contributed by atoms with Gasteiger partial charge in [0.05, 0.1) is 23.1 Å². The van der Waals surface area contributed by atoms with Gasteiger partial charge in [-0.25, -0.2) is 0 Å². The van der Waals surface area contributed by atoms with Crippen molar-refractivity contribution in [1.29, 1.82) is 0 Å². The third kappa shape index (κ3) is 3.54. The van der Waals surface area contributed by atoms with E-state index >= 15 is 0 Å². The van der Waals surface area contributed by atoms with Crippen LogP contribution in [0.5, 0.6) is 0 Å². The molecule has 1 aliphatic heterocycles. The van der Waals surface area contributed by atoms with Crippen LogP contribution in [-0.4, -0.2) is 22.8 Å². The first-order valence-electron chi connectivity index (χ1n) is 11.5. The van der Waals surface area contributed by atoms with Crippen molar-refractivity contribution < 1.29 is 14.0 Å². The zero-order chi connectivity index (χ0) is 25.6. The van der Waals surface area contributed by atoms with Crippen molar-refractivity contribution in [3.05, 3.63) is 85.7 Å². The predicted molar refractivity (Wildman–Crippen MR) is 136 cm³/mol. The largest absolute Gasteiger partial charge is 0.449 e. The van der Waals surface area contributed by atoms with Crippen LogP contribution in [-0.2, 0) is 0 Å². The molecule has 10 heteroatoms. The highest BCUT2D eigenvalue weighted by Gasteiger charge is 2.42. The van der Waals surface area contributed by atoms with Gasteiger partial charge in [0.25, 0.3) is 11.8 Å². The van der Waals surface area contributed by atoms with Gasteiger partial charge in [-0.05, 0) is 49.2 Å². The predicted octanol–water partition coefficient (Wildman–Crippen LogP) is 3.07. The highest BCUT2D eigenvalue weighted by molar-refractivity contribution is 6.26. The number of hydrogen-bond acceptors (Lipinski definition) is 9. The second-order valence-corrected chi connectivity index (χ2v) is 8.50. The molecule has 0 bridgehead atoms. The number of nitrogen functional groups attached to an aromatic ring is 1. The van der Waals surface area contributed by atoms with Gasteiger partial charge in [0, 0.05) is 34.3 Å². The summed E-state index contributed by atoms with van der Waals surface area (Å²) in [6.45, 7) is 3.80. The van der Waals surface area contributed by atoms with E-state index in [0.29, 0.717) is 24.4 Å². The summed E-state index contributed by atoms with van der Waals surface area (Å²) in [7, 11) is 0. The molecule has 0 radical (unpaired) electrons. The Hall–Kier alpha value is -4.73. The van der Waals surface area contributed by atoms with E-state index in [9.17, 15) is 19.2 Å². The van der Waals surface area contributed by atoms with Crippen molar-refractivity contribution in [3.63, 3.8) is 0 Å². The van der Waals surface area contributed by atoms with E-state index in [4.69, 9.17) is 10.2 Å². The van der Waals surface area contributed by atoms with E-state index in [-0.39, 0.29) is 44.7 Å². The molecule has 2 amide bonds. The number of nitrogens with one attached hydrogen (secondary N) is 2. The SMILES string of the molecule is CCC(CC)N1C(=O)c2c(N)ccc(NN=c3c(=O)c4ccc(Nc5ccco5)cc4c3=O)c2C1=O. The highest BCUT2D eigenvalue weighted by atomic mass is 16.3. The Morgan fingerprint density at radius 2 is 1.67 bits per heavy atom. The maximum Gasteiger partial charge on any atom is 0.264 e. The molecule has 4 aromatic rings. The number of carbonyl (C=O) groups is 2. The minimum Gasteiger partial charge on any atom is -0.449 e. The number of nitrogens with zero attached hydrogens (tertiary/aromatic N) is 2. The maximum absolute atomic E-state index is 13.2. The number of benzene rings is 2. The summed E-state index contributed by atoms with van der Waals surface area (Å²) in [6, 6.07) is 10.9. The topological polar surface area (TPSA) is 147 Å². The molecule has 0 saturated carbocycles. The summed E-state index contributed by atoms with van der Waals surface area (Å²) >= 11 is 0. The average Bonchev–Trinajstić information content (AvgIpc) is 3.54. The molecule has 0 fully saturated rings. The lowest BCUT2D eigenvalue weighted by Crippen LogP contribution is -2.39. The second-order valence-electron chi connectivity index (χ2n) is 8.50. The first-order chi connectivity index (χ1) is 17.3. The fourth-order valence-corrected chi connectivity index (χ4v) is 4.56. The molecular formula is C26H23N5O5. The van der Waals surface area contributed by atoms with Crippen LogP contribution in [0.25, 0.3) is 10.8 Å². The standard InChI is InChI=1S/C26H23N5O5/c1-3-14(4-2)31-25(34)20-17(27)9-10-18(21(20)26(31)35)29-30-22-23(32)15-8-7-13(12-16(15)24(22)33)28-19-6-5-11-36-19/h5-12,14,28-29H,3-4,27H2,1-2H3. The molecule has 0 unspecified atom stereocenters. The Bertz CT molecular complexity index is 1660. The van der Waals surface area contributed by atoms with Gasteiger partial charge < -0.3 is 15.5 Å². The van der Waals surface area contributed by atoms with Gasteiger partial charge in [-0.15, -0.1) is 0 Å². The van der Waals surface area contributed by atoms with Crippen LogP contribution in [0.2, 0.25) is 0 Å². The number of fused-ring (bicyclic) bond motifs is 2. The quantitative estimate of drug-likeness (QED) is 0.206. The monoisotopic (exact) mass is 485 g/mol. The number of rotatable bonds is 7. The first kappa shape index (κ1) is 23.0. The summed E-state index contributed by atoms with van der Waals surface area (Å²) in [5.41, 5.74) is 8.72. The lowest BCUT2D eigenvalue weighted by atomic mass is 10.1. The molecule has 182 valence electrons. The molecule has 0 spiro atoms. The molecule has 5 rings (SSSR count). The third-order valence-electron chi connectivity index (χ3n) is 6.43. The maximum atomic E-state index is 13.2. The number of carbonyl (C=O) groups excluding carboxylic acids is 2. The lowest BCUT2D eigenvalue weighted by Gasteiger charge is -2.23. The Kier molecular flexibility index (Phi) is 5.63. The van der Waals surface area contributed by atoms with Gasteiger partial charge in [-0.2, -0.15) is 5.10 Å². The normalized spacial score (nSPS) is 13.8. The highest BCUT2D eigenvalue weighted by Crippen LogP contribution is 2.35. The fourth-order valence-electron chi connectivity index (χ4n) is 4.56. The van der Waals surface area contributed by atoms with Crippen molar-refractivity contribution in [2.75, 3.05) is 16.5 Å². The van der Waals surface area contributed by atoms with Gasteiger partial charge in [-0.1, -0.05) is 13.8 Å². The molecule has 4 N–H and O–H groups in total. The summed E-state index contributed by atoms with van der Waals surface area (Å²) in [6.07, 6.45) is 2.72. The van der Waals surface area contributed by atoms with Crippen molar-refractivity contribution in [3.8, 4) is 0 Å². The Labute approximate surface area is 204 Å². The van der Waals surface area contributed by atoms with Crippen LogP contribution in [0, 0.1) is 0 Å². The van der Waals surface area contributed by atoms with E-state index in [1.165, 1.54) is 23.3 Å². The summed E-state index contributed by atoms with van der Waals surface area (Å²) in [5, 5.41) is 7.17. The van der Waals surface area contributed by atoms with Crippen LogP contribution in [0.15, 0.2) is 67.8 Å². The molecule has 0 saturated heterocycles. The minimum atomic E-state index is -0.557. The number of furan rings is 1. The molecule has 36 heavy (non-hydrogen) atoms. The molecule has 0 atom stereocenters. The van der Waals surface area contributed by atoms with Crippen molar-refractivity contribution in [2.24, 2.45) is 5.10 Å². The summed E-state index contributed by atoms with van der Waals surface area (Å²) in [5.74, 6) is -0.463. The van der Waals surface area contributed by atoms with Crippen LogP contribution < -0.4 is 32.7 Å². The van der Waals surface area contributed by atoms with E-state index in [1.54, 1.807) is 30.3 Å². The van der Waals surface area contributed by atoms with Crippen LogP contribution in [0.3, 0.4) is 0 Å². The first-order valence-corrected chi connectivity index (χ1v) is 11.5. The Morgan fingerprint density at radius 1 is 0.944 bits per heavy atom. The van der Waals surface area contributed by atoms with Gasteiger partial charge in [0.15, 0.2) is 11.2 Å². The van der Waals surface area contributed by atoms with E-state index < -0.39 is 22.7 Å². The second kappa shape index (κ2) is 8.81. The van der Waals surface area contributed by atoms with E-state index in [0.717, 1.165) is 0 Å². The molecule has 1 aliphatic rings. The van der Waals surface area contributed by atoms with E-state index in [1.807, 2.05) is 13.8 Å². The van der Waals surface area contributed by atoms with Crippen LogP contribution in [0.4, 0.5) is 22.9 Å². The van der Waals surface area contributed by atoms with Gasteiger partial charge in [0.1, 0.15) is 0 Å². The Morgan fingerprint density at radius 3 is 2.36 bits per heavy atom. The zero-order valence-electron chi connectivity index (χ0n) is 19.6. The molecule has 1 aromatic heterocycles. The fraction of sp³-hybridized carbons (Fsp3) is 0.192. The smallest absolute Gasteiger partial charge is 0.264 e. The van der Waals surface area contributed by atoms with Gasteiger partial charge in [0.2, 0.25) is 10.9 Å². The minimum absolute atomic E-state index is 0.0802. The number of anilines is 4. The number of imide groups is 1. The third-order valence-corrected chi connectivity index (χ3v) is 6.43. The van der Waals surface area contributed by atoms with Crippen molar-refractivity contribution in [1.82, 2.24) is 4.90 Å². The van der Waals surface area contributed by atoms with Crippen LogP contribution in [0.1, 0.15) is 47.4 Å². The number of hydrogen-bond donors (Lipinski definition) is 3. The zero-order valence-corrected chi connectivity index (χ0v) is 19.6. The molecule has 0 aliphatic carbocycles. The van der Waals surface area contributed by atoms with Crippen molar-refractivity contribution >= 4 is 45.5 Å².